The van der Waals surface area contributed by atoms with Crippen molar-refractivity contribution in [1.29, 1.82) is 0 Å². The van der Waals surface area contributed by atoms with Gasteiger partial charge in [-0.2, -0.15) is 0 Å². The van der Waals surface area contributed by atoms with E-state index in [2.05, 4.69) is 15.9 Å². The van der Waals surface area contributed by atoms with Crippen molar-refractivity contribution in [2.75, 3.05) is 0 Å². The SMILES string of the molecule is Cc1ccc(C(C)(O)c2cccc(Br)c2)s1. The van der Waals surface area contributed by atoms with Gasteiger partial charge < -0.3 is 5.11 Å². The van der Waals surface area contributed by atoms with Gasteiger partial charge in [0.25, 0.3) is 0 Å². The van der Waals surface area contributed by atoms with Gasteiger partial charge in [-0.25, -0.2) is 0 Å². The normalized spacial score (nSPS) is 14.8. The average molecular weight is 297 g/mol. The van der Waals surface area contributed by atoms with Crippen LogP contribution in [-0.2, 0) is 5.60 Å². The predicted octanol–water partition coefficient (Wildman–Crippen LogP) is 4.07. The largest absolute Gasteiger partial charge is 0.380 e. The molecule has 0 amide bonds. The summed E-state index contributed by atoms with van der Waals surface area (Å²) in [4.78, 5) is 2.19. The molecule has 0 saturated carbocycles. The summed E-state index contributed by atoms with van der Waals surface area (Å²) in [6, 6.07) is 11.8. The summed E-state index contributed by atoms with van der Waals surface area (Å²) < 4.78 is 0.985. The van der Waals surface area contributed by atoms with Crippen LogP contribution in [0.15, 0.2) is 40.9 Å². The molecule has 0 spiro atoms. The molecule has 3 heteroatoms. The van der Waals surface area contributed by atoms with E-state index in [1.165, 1.54) is 4.88 Å². The number of rotatable bonds is 2. The van der Waals surface area contributed by atoms with Gasteiger partial charge in [-0.3, -0.25) is 0 Å². The number of hydrogen-bond donors (Lipinski definition) is 1. The van der Waals surface area contributed by atoms with Gasteiger partial charge in [-0.05, 0) is 43.7 Å². The van der Waals surface area contributed by atoms with Crippen LogP contribution >= 0.6 is 27.3 Å². The van der Waals surface area contributed by atoms with Crippen molar-refractivity contribution in [2.24, 2.45) is 0 Å². The first-order valence-corrected chi connectivity index (χ1v) is 6.66. The Morgan fingerprint density at radius 1 is 1.25 bits per heavy atom. The molecule has 0 saturated heterocycles. The Morgan fingerprint density at radius 2 is 2.00 bits per heavy atom. The summed E-state index contributed by atoms with van der Waals surface area (Å²) in [5.41, 5.74) is -0.00775. The number of thiophene rings is 1. The second-order valence-electron chi connectivity index (χ2n) is 3.99. The van der Waals surface area contributed by atoms with Crippen molar-refractivity contribution in [3.63, 3.8) is 0 Å². The van der Waals surface area contributed by atoms with E-state index >= 15 is 0 Å². The lowest BCUT2D eigenvalue weighted by molar-refractivity contribution is 0.106. The molecule has 0 aliphatic rings. The van der Waals surface area contributed by atoms with Gasteiger partial charge >= 0.3 is 0 Å². The number of aryl methyl sites for hydroxylation is 1. The summed E-state index contributed by atoms with van der Waals surface area (Å²) in [7, 11) is 0. The monoisotopic (exact) mass is 296 g/mol. The highest BCUT2D eigenvalue weighted by Crippen LogP contribution is 2.34. The molecule has 2 aromatic rings. The van der Waals surface area contributed by atoms with Gasteiger partial charge in [0.15, 0.2) is 0 Å². The Balaban J connectivity index is 2.46. The Hall–Kier alpha value is -0.640. The van der Waals surface area contributed by atoms with Gasteiger partial charge in [0.1, 0.15) is 5.60 Å². The highest BCUT2D eigenvalue weighted by molar-refractivity contribution is 9.10. The third kappa shape index (κ3) is 2.21. The summed E-state index contributed by atoms with van der Waals surface area (Å²) in [5.74, 6) is 0. The summed E-state index contributed by atoms with van der Waals surface area (Å²) in [5, 5.41) is 10.6. The number of benzene rings is 1. The second-order valence-corrected chi connectivity index (χ2v) is 6.20. The zero-order chi connectivity index (χ0) is 11.8. The third-order valence-electron chi connectivity index (χ3n) is 2.61. The first-order chi connectivity index (χ1) is 7.50. The fraction of sp³-hybridized carbons (Fsp3) is 0.231. The molecule has 1 aromatic heterocycles. The molecule has 1 nitrogen and oxygen atoms in total. The molecule has 0 bridgehead atoms. The molecule has 1 atom stereocenters. The van der Waals surface area contributed by atoms with E-state index in [9.17, 15) is 5.11 Å². The highest BCUT2D eigenvalue weighted by atomic mass is 79.9. The Kier molecular flexibility index (Phi) is 3.19. The van der Waals surface area contributed by atoms with Gasteiger partial charge in [0.05, 0.1) is 0 Å². The standard InChI is InChI=1S/C13H13BrOS/c1-9-6-7-12(16-9)13(2,15)10-4-3-5-11(14)8-10/h3-8,15H,1-2H3. The summed E-state index contributed by atoms with van der Waals surface area (Å²) in [6.07, 6.45) is 0. The minimum atomic E-state index is -0.914. The van der Waals surface area contributed by atoms with Crippen molar-refractivity contribution < 1.29 is 5.11 Å². The van der Waals surface area contributed by atoms with Gasteiger partial charge in [-0.15, -0.1) is 11.3 Å². The van der Waals surface area contributed by atoms with E-state index in [1.54, 1.807) is 11.3 Å². The average Bonchev–Trinajstić information content (AvgIpc) is 2.65. The topological polar surface area (TPSA) is 20.2 Å². The molecule has 0 aliphatic heterocycles. The first-order valence-electron chi connectivity index (χ1n) is 5.05. The molecule has 0 radical (unpaired) electrons. The molecule has 2 rings (SSSR count). The van der Waals surface area contributed by atoms with E-state index in [0.29, 0.717) is 0 Å². The highest BCUT2D eigenvalue weighted by Gasteiger charge is 2.27. The zero-order valence-corrected chi connectivity index (χ0v) is 11.6. The molecular weight excluding hydrogens is 284 g/mol. The Bertz CT molecular complexity index is 502. The maximum Gasteiger partial charge on any atom is 0.121 e. The van der Waals surface area contributed by atoms with Crippen molar-refractivity contribution in [2.45, 2.75) is 19.4 Å². The first kappa shape index (κ1) is 11.8. The Morgan fingerprint density at radius 3 is 2.56 bits per heavy atom. The molecule has 84 valence electrons. The lowest BCUT2D eigenvalue weighted by atomic mass is 9.94. The van der Waals surface area contributed by atoms with E-state index in [0.717, 1.165) is 14.9 Å². The minimum Gasteiger partial charge on any atom is -0.380 e. The molecule has 1 unspecified atom stereocenters. The van der Waals surface area contributed by atoms with Crippen LogP contribution in [0.5, 0.6) is 0 Å². The van der Waals surface area contributed by atoms with Crippen LogP contribution in [0.2, 0.25) is 0 Å². The smallest absolute Gasteiger partial charge is 0.121 e. The van der Waals surface area contributed by atoms with Gasteiger partial charge in [-0.1, -0.05) is 28.1 Å². The zero-order valence-electron chi connectivity index (χ0n) is 9.20. The van der Waals surface area contributed by atoms with Crippen LogP contribution < -0.4 is 0 Å². The van der Waals surface area contributed by atoms with Gasteiger partial charge in [0, 0.05) is 14.2 Å². The van der Waals surface area contributed by atoms with Crippen LogP contribution in [0, 0.1) is 6.92 Å². The molecule has 0 aliphatic carbocycles. The maximum absolute atomic E-state index is 10.6. The van der Waals surface area contributed by atoms with Crippen molar-refractivity contribution >= 4 is 27.3 Å². The number of hydrogen-bond acceptors (Lipinski definition) is 2. The van der Waals surface area contributed by atoms with E-state index in [4.69, 9.17) is 0 Å². The third-order valence-corrected chi connectivity index (χ3v) is 4.31. The summed E-state index contributed by atoms with van der Waals surface area (Å²) >= 11 is 5.05. The molecule has 1 N–H and O–H groups in total. The van der Waals surface area contributed by atoms with Crippen molar-refractivity contribution in [3.05, 3.63) is 56.2 Å². The molecule has 1 aromatic carbocycles. The quantitative estimate of drug-likeness (QED) is 0.885. The predicted molar refractivity (Wildman–Crippen MR) is 71.9 cm³/mol. The van der Waals surface area contributed by atoms with Crippen molar-refractivity contribution in [3.8, 4) is 0 Å². The number of halogens is 1. The van der Waals surface area contributed by atoms with E-state index in [1.807, 2.05) is 50.2 Å². The Labute approximate surface area is 108 Å². The molecular formula is C13H13BrOS. The molecule has 16 heavy (non-hydrogen) atoms. The van der Waals surface area contributed by atoms with Crippen molar-refractivity contribution in [1.82, 2.24) is 0 Å². The molecule has 1 heterocycles. The van der Waals surface area contributed by atoms with E-state index < -0.39 is 5.60 Å². The van der Waals surface area contributed by atoms with Gasteiger partial charge in [0.2, 0.25) is 0 Å². The van der Waals surface area contributed by atoms with Crippen LogP contribution in [0.4, 0.5) is 0 Å². The lowest BCUT2D eigenvalue weighted by Gasteiger charge is -2.22. The maximum atomic E-state index is 10.6. The van der Waals surface area contributed by atoms with Crippen LogP contribution in [0.1, 0.15) is 22.2 Å². The van der Waals surface area contributed by atoms with Crippen LogP contribution in [0.3, 0.4) is 0 Å². The fourth-order valence-corrected chi connectivity index (χ4v) is 2.96. The summed E-state index contributed by atoms with van der Waals surface area (Å²) in [6.45, 7) is 3.88. The van der Waals surface area contributed by atoms with Crippen LogP contribution in [-0.4, -0.2) is 5.11 Å². The lowest BCUT2D eigenvalue weighted by Crippen LogP contribution is -2.21. The fourth-order valence-electron chi connectivity index (χ4n) is 1.63. The van der Waals surface area contributed by atoms with E-state index in [-0.39, 0.29) is 0 Å². The minimum absolute atomic E-state index is 0.906. The molecule has 0 fully saturated rings. The number of aliphatic hydroxyl groups is 1. The second kappa shape index (κ2) is 4.32. The van der Waals surface area contributed by atoms with Crippen LogP contribution in [0.25, 0.3) is 0 Å².